The van der Waals surface area contributed by atoms with Crippen LogP contribution in [0.15, 0.2) is 168 Å². The van der Waals surface area contributed by atoms with E-state index in [9.17, 15) is 5.26 Å². The van der Waals surface area contributed by atoms with Crippen molar-refractivity contribution in [2.45, 2.75) is 44.9 Å². The topological polar surface area (TPSA) is 40.2 Å². The molecule has 0 spiro atoms. The molecule has 0 amide bonds. The van der Waals surface area contributed by atoms with Crippen LogP contribution in [0.2, 0.25) is 0 Å². The summed E-state index contributed by atoms with van der Waals surface area (Å²) in [6, 6.07) is 49.4. The monoisotopic (exact) mass is 708 g/mol. The van der Waals surface area contributed by atoms with Gasteiger partial charge in [0, 0.05) is 32.7 Å². The van der Waals surface area contributed by atoms with Crippen LogP contribution in [0.5, 0.6) is 0 Å². The van der Waals surface area contributed by atoms with Crippen molar-refractivity contribution in [2.75, 3.05) is 4.90 Å². The lowest BCUT2D eigenvalue weighted by atomic mass is 9.74. The van der Waals surface area contributed by atoms with E-state index in [1.165, 1.54) is 49.6 Å². The molecule has 0 radical (unpaired) electrons. The number of allylic oxidation sites excluding steroid dienone is 5. The molecule has 2 aliphatic carbocycles. The normalized spacial score (nSPS) is 17.6. The third-order valence-corrected chi connectivity index (χ3v) is 12.4. The van der Waals surface area contributed by atoms with Gasteiger partial charge >= 0.3 is 0 Å². The van der Waals surface area contributed by atoms with Crippen molar-refractivity contribution in [1.29, 1.82) is 5.26 Å². The Hall–Kier alpha value is -6.63. The number of nitriles is 1. The Morgan fingerprint density at radius 3 is 2.13 bits per heavy atom. The van der Waals surface area contributed by atoms with Crippen LogP contribution in [0.4, 0.5) is 17.1 Å². The molecule has 1 heterocycles. The standard InChI is InChI=1S/C52H40N2O/c1-32-29-42-43(52(4,5)44-27-23-34-13-6-7-14-36(34)49(42)44)28-26-38-37-15-8-9-16-39(37)47(30-45(38)51(32,2)3)54(35-24-21-33(31-53)22-25-35)46-19-12-18-41-40-17-10-11-20-48(40)55-50(41)46/h6-25,27-30H,1,26H2,2-5H3/b42-29+,43-28+. The van der Waals surface area contributed by atoms with Crippen molar-refractivity contribution in [1.82, 2.24) is 0 Å². The van der Waals surface area contributed by atoms with Gasteiger partial charge in [-0.2, -0.15) is 5.26 Å². The van der Waals surface area contributed by atoms with Crippen molar-refractivity contribution >= 4 is 66.1 Å². The summed E-state index contributed by atoms with van der Waals surface area (Å²) in [4.78, 5) is 2.32. The molecule has 7 aromatic carbocycles. The highest BCUT2D eigenvalue weighted by Gasteiger charge is 2.41. The zero-order valence-corrected chi connectivity index (χ0v) is 31.6. The van der Waals surface area contributed by atoms with E-state index in [1.54, 1.807) is 0 Å². The average molecular weight is 709 g/mol. The molecule has 0 atom stereocenters. The fourth-order valence-corrected chi connectivity index (χ4v) is 9.33. The predicted octanol–water partition coefficient (Wildman–Crippen LogP) is 13.9. The highest BCUT2D eigenvalue weighted by atomic mass is 16.3. The summed E-state index contributed by atoms with van der Waals surface area (Å²) in [6.07, 6.45) is 5.65. The Morgan fingerprint density at radius 1 is 0.655 bits per heavy atom. The molecule has 0 fully saturated rings. The van der Waals surface area contributed by atoms with Gasteiger partial charge < -0.3 is 9.32 Å². The predicted molar refractivity (Wildman–Crippen MR) is 230 cm³/mol. The van der Waals surface area contributed by atoms with Gasteiger partial charge in [0.2, 0.25) is 0 Å². The minimum atomic E-state index is -0.427. The van der Waals surface area contributed by atoms with E-state index in [2.05, 4.69) is 148 Å². The van der Waals surface area contributed by atoms with Crippen LogP contribution in [-0.2, 0) is 17.3 Å². The van der Waals surface area contributed by atoms with E-state index in [0.29, 0.717) is 5.56 Å². The van der Waals surface area contributed by atoms with Gasteiger partial charge in [-0.1, -0.05) is 137 Å². The molecule has 0 N–H and O–H groups in total. The van der Waals surface area contributed by atoms with Gasteiger partial charge in [0.1, 0.15) is 5.58 Å². The molecule has 264 valence electrons. The lowest BCUT2D eigenvalue weighted by Crippen LogP contribution is -2.22. The Balaban J connectivity index is 1.25. The van der Waals surface area contributed by atoms with Crippen molar-refractivity contribution in [3.05, 3.63) is 191 Å². The lowest BCUT2D eigenvalue weighted by Gasteiger charge is -2.33. The summed E-state index contributed by atoms with van der Waals surface area (Å²) in [6.45, 7) is 14.3. The van der Waals surface area contributed by atoms with E-state index in [-0.39, 0.29) is 5.41 Å². The van der Waals surface area contributed by atoms with Crippen LogP contribution in [0.25, 0.3) is 49.1 Å². The van der Waals surface area contributed by atoms with Gasteiger partial charge in [0.05, 0.1) is 23.0 Å². The van der Waals surface area contributed by atoms with E-state index in [0.717, 1.165) is 56.4 Å². The number of anilines is 3. The van der Waals surface area contributed by atoms with E-state index in [4.69, 9.17) is 11.0 Å². The number of furan rings is 1. The quantitative estimate of drug-likeness (QED) is 0.183. The van der Waals surface area contributed by atoms with Crippen LogP contribution in [0.3, 0.4) is 0 Å². The number of hydrogen-bond acceptors (Lipinski definition) is 3. The molecule has 10 rings (SSSR count). The summed E-state index contributed by atoms with van der Waals surface area (Å²) in [5, 5.41) is 16.8. The molecule has 55 heavy (non-hydrogen) atoms. The fraction of sp³-hybridized carbons (Fsp3) is 0.135. The summed E-state index contributed by atoms with van der Waals surface area (Å²) in [7, 11) is 0. The Bertz CT molecular complexity index is 3030. The van der Waals surface area contributed by atoms with Crippen LogP contribution in [0, 0.1) is 11.3 Å². The maximum Gasteiger partial charge on any atom is 0.159 e. The third kappa shape index (κ3) is 4.81. The second-order valence-electron chi connectivity index (χ2n) is 16.1. The molecule has 3 nitrogen and oxygen atoms in total. The largest absolute Gasteiger partial charge is 0.454 e. The second-order valence-corrected chi connectivity index (χ2v) is 16.1. The molecule has 1 aromatic heterocycles. The molecule has 0 saturated heterocycles. The van der Waals surface area contributed by atoms with Crippen molar-refractivity contribution in [3.8, 4) is 6.07 Å². The summed E-state index contributed by atoms with van der Waals surface area (Å²) >= 11 is 0. The molecule has 3 heteroatoms. The zero-order valence-electron chi connectivity index (χ0n) is 31.6. The maximum absolute atomic E-state index is 9.75. The minimum absolute atomic E-state index is 0.173. The summed E-state index contributed by atoms with van der Waals surface area (Å²) in [5.74, 6) is 0. The van der Waals surface area contributed by atoms with Gasteiger partial charge in [0.15, 0.2) is 5.58 Å². The van der Waals surface area contributed by atoms with Gasteiger partial charge in [0.25, 0.3) is 0 Å². The molecule has 8 aromatic rings. The van der Waals surface area contributed by atoms with Gasteiger partial charge in [-0.3, -0.25) is 0 Å². The van der Waals surface area contributed by atoms with Crippen LogP contribution in [-0.4, -0.2) is 0 Å². The van der Waals surface area contributed by atoms with Crippen molar-refractivity contribution in [2.24, 2.45) is 0 Å². The number of benzene rings is 7. The second kappa shape index (κ2) is 11.9. The molecule has 0 bridgehead atoms. The van der Waals surface area contributed by atoms with E-state index >= 15 is 0 Å². The summed E-state index contributed by atoms with van der Waals surface area (Å²) in [5.41, 5.74) is 13.6. The van der Waals surface area contributed by atoms with Crippen molar-refractivity contribution in [3.63, 3.8) is 0 Å². The number of hydrogen-bond donors (Lipinski definition) is 0. The Kier molecular flexibility index (Phi) is 7.16. The highest BCUT2D eigenvalue weighted by Crippen LogP contribution is 2.55. The molecular formula is C52H40N2O. The van der Waals surface area contributed by atoms with E-state index in [1.807, 2.05) is 36.4 Å². The van der Waals surface area contributed by atoms with Crippen LogP contribution >= 0.6 is 0 Å². The first-order valence-corrected chi connectivity index (χ1v) is 19.1. The smallest absolute Gasteiger partial charge is 0.159 e. The van der Waals surface area contributed by atoms with Crippen LogP contribution < -0.4 is 4.90 Å². The number of para-hydroxylation sites is 2. The SMILES string of the molecule is C=C1/C=C2\C(=C/Cc3c(cc(N(c4ccc(C#N)cc4)c4cccc5c4oc4ccccc45)c4ccccc34)C1(C)C)C(C)(C)c1ccc3ccccc3c12. The molecule has 0 aliphatic heterocycles. The number of nitrogens with zero attached hydrogens (tertiary/aromatic N) is 2. The molecular weight excluding hydrogens is 669 g/mol. The Labute approximate surface area is 321 Å². The van der Waals surface area contributed by atoms with E-state index < -0.39 is 5.41 Å². The van der Waals surface area contributed by atoms with Crippen LogP contribution in [0.1, 0.15) is 55.5 Å². The van der Waals surface area contributed by atoms with Gasteiger partial charge in [-0.15, -0.1) is 0 Å². The first-order chi connectivity index (χ1) is 26.7. The van der Waals surface area contributed by atoms with Gasteiger partial charge in [-0.25, -0.2) is 0 Å². The zero-order chi connectivity index (χ0) is 37.6. The highest BCUT2D eigenvalue weighted by molar-refractivity contribution is 6.12. The molecule has 0 saturated carbocycles. The first-order valence-electron chi connectivity index (χ1n) is 19.1. The minimum Gasteiger partial charge on any atom is -0.454 e. The van der Waals surface area contributed by atoms with Gasteiger partial charge in [-0.05, 0) is 104 Å². The third-order valence-electron chi connectivity index (χ3n) is 12.4. The lowest BCUT2D eigenvalue weighted by molar-refractivity contribution is 0.637. The molecule has 2 aliphatic rings. The number of rotatable bonds is 3. The Morgan fingerprint density at radius 2 is 1.35 bits per heavy atom. The molecule has 0 unspecified atom stereocenters. The first kappa shape index (κ1) is 33.0. The average Bonchev–Trinajstić information content (AvgIpc) is 3.70. The number of fused-ring (bicyclic) bond motifs is 11. The van der Waals surface area contributed by atoms with Crippen molar-refractivity contribution < 1.29 is 4.42 Å². The maximum atomic E-state index is 9.75. The fourth-order valence-electron chi connectivity index (χ4n) is 9.33. The summed E-state index contributed by atoms with van der Waals surface area (Å²) < 4.78 is 6.69.